The Morgan fingerprint density at radius 1 is 1.24 bits per heavy atom. The van der Waals surface area contributed by atoms with E-state index in [1.165, 1.54) is 31.3 Å². The number of carbonyl (C=O) groups excluding carboxylic acids is 1. The fourth-order valence-electron chi connectivity index (χ4n) is 1.60. The first kappa shape index (κ1) is 15.7. The molecule has 0 atom stereocenters. The van der Waals surface area contributed by atoms with Gasteiger partial charge >= 0.3 is 6.18 Å². The number of halogens is 5. The van der Waals surface area contributed by atoms with Crippen LogP contribution in [0.3, 0.4) is 0 Å². The summed E-state index contributed by atoms with van der Waals surface area (Å²) in [6.45, 7) is 0. The first-order valence-electron chi connectivity index (χ1n) is 5.56. The van der Waals surface area contributed by atoms with Crippen LogP contribution in [0.5, 0.6) is 0 Å². The number of aromatic nitrogens is 2. The van der Waals surface area contributed by atoms with Gasteiger partial charge in [0.25, 0.3) is 5.91 Å². The molecule has 0 saturated heterocycles. The molecule has 1 N–H and O–H groups in total. The van der Waals surface area contributed by atoms with Crippen LogP contribution in [0.2, 0.25) is 10.0 Å². The second kappa shape index (κ2) is 5.57. The average molecular weight is 338 g/mol. The average Bonchev–Trinajstić information content (AvgIpc) is 2.67. The van der Waals surface area contributed by atoms with Crippen molar-refractivity contribution in [3.05, 3.63) is 45.6 Å². The number of aryl methyl sites for hydroxylation is 1. The van der Waals surface area contributed by atoms with Crippen LogP contribution in [-0.2, 0) is 13.2 Å². The van der Waals surface area contributed by atoms with Crippen molar-refractivity contribution in [2.45, 2.75) is 6.18 Å². The smallest absolute Gasteiger partial charge is 0.306 e. The van der Waals surface area contributed by atoms with Gasteiger partial charge in [0.2, 0.25) is 0 Å². The number of hydrogen-bond acceptors (Lipinski definition) is 2. The third-order valence-corrected chi connectivity index (χ3v) is 3.21. The number of hydrogen-bond donors (Lipinski definition) is 1. The second-order valence-electron chi connectivity index (χ2n) is 4.09. The maximum Gasteiger partial charge on any atom is 0.436 e. The molecule has 112 valence electrons. The minimum absolute atomic E-state index is 0.227. The van der Waals surface area contributed by atoms with Crippen molar-refractivity contribution in [3.63, 3.8) is 0 Å². The van der Waals surface area contributed by atoms with Crippen molar-refractivity contribution in [2.24, 2.45) is 7.05 Å². The van der Waals surface area contributed by atoms with Gasteiger partial charge in [0.15, 0.2) is 11.5 Å². The van der Waals surface area contributed by atoms with E-state index in [1.807, 2.05) is 0 Å². The van der Waals surface area contributed by atoms with Crippen molar-refractivity contribution < 1.29 is 18.0 Å². The minimum atomic E-state index is -4.70. The van der Waals surface area contributed by atoms with Gasteiger partial charge in [-0.3, -0.25) is 9.48 Å². The number of nitrogens with one attached hydrogen (secondary N) is 1. The van der Waals surface area contributed by atoms with E-state index in [-0.39, 0.29) is 11.4 Å². The molecule has 0 aliphatic heterocycles. The Morgan fingerprint density at radius 3 is 2.29 bits per heavy atom. The third kappa shape index (κ3) is 3.30. The van der Waals surface area contributed by atoms with Crippen molar-refractivity contribution in [2.75, 3.05) is 5.32 Å². The summed E-state index contributed by atoms with van der Waals surface area (Å²) < 4.78 is 38.8. The fourth-order valence-corrected chi connectivity index (χ4v) is 2.04. The van der Waals surface area contributed by atoms with E-state index in [0.717, 1.165) is 4.68 Å². The Hall–Kier alpha value is -1.73. The van der Waals surface area contributed by atoms with E-state index in [2.05, 4.69) is 10.4 Å². The van der Waals surface area contributed by atoms with Gasteiger partial charge in [0.1, 0.15) is 5.02 Å². The molecule has 0 aliphatic rings. The highest BCUT2D eigenvalue weighted by molar-refractivity contribution is 6.34. The molecular weight excluding hydrogens is 330 g/mol. The Balaban J connectivity index is 2.30. The number of alkyl halides is 3. The Morgan fingerprint density at radius 2 is 1.81 bits per heavy atom. The van der Waals surface area contributed by atoms with Crippen LogP contribution in [0.25, 0.3) is 0 Å². The summed E-state index contributed by atoms with van der Waals surface area (Å²) >= 11 is 11.3. The topological polar surface area (TPSA) is 46.9 Å². The summed E-state index contributed by atoms with van der Waals surface area (Å²) in [5, 5.41) is 5.33. The third-order valence-electron chi connectivity index (χ3n) is 2.60. The molecule has 1 aromatic heterocycles. The van der Waals surface area contributed by atoms with E-state index in [4.69, 9.17) is 23.2 Å². The molecule has 2 aromatic rings. The Labute approximate surface area is 127 Å². The molecule has 1 heterocycles. The van der Waals surface area contributed by atoms with Crippen LogP contribution in [0, 0.1) is 0 Å². The lowest BCUT2D eigenvalue weighted by Crippen LogP contribution is -2.14. The van der Waals surface area contributed by atoms with E-state index in [9.17, 15) is 18.0 Å². The number of anilines is 1. The van der Waals surface area contributed by atoms with Crippen molar-refractivity contribution in [1.29, 1.82) is 0 Å². The number of nitrogens with zero attached hydrogens (tertiary/aromatic N) is 2. The molecule has 0 radical (unpaired) electrons. The zero-order valence-corrected chi connectivity index (χ0v) is 12.0. The summed E-state index contributed by atoms with van der Waals surface area (Å²) in [5.41, 5.74) is -1.02. The summed E-state index contributed by atoms with van der Waals surface area (Å²) in [4.78, 5) is 12.0. The minimum Gasteiger partial charge on any atom is -0.306 e. The predicted octanol–water partition coefficient (Wildman–Crippen LogP) is 4.00. The molecule has 2 rings (SSSR count). The van der Waals surface area contributed by atoms with Crippen LogP contribution in [0.4, 0.5) is 19.0 Å². The number of rotatable bonds is 2. The molecule has 0 saturated carbocycles. The van der Waals surface area contributed by atoms with Gasteiger partial charge in [-0.1, -0.05) is 23.2 Å². The standard InChI is InChI=1S/C12H8Cl2F3N3O/c1-20-10(8(14)9(19-20)12(15,16)17)18-11(21)6-2-4-7(13)5-3-6/h2-5H,1H3,(H,18,21). The first-order chi connectivity index (χ1) is 9.70. The fraction of sp³-hybridized carbons (Fsp3) is 0.167. The van der Waals surface area contributed by atoms with Gasteiger partial charge in [-0.25, -0.2) is 0 Å². The molecule has 4 nitrogen and oxygen atoms in total. The molecule has 1 aromatic carbocycles. The molecule has 0 spiro atoms. The van der Waals surface area contributed by atoms with Crippen LogP contribution in [0.1, 0.15) is 16.1 Å². The molecule has 0 aliphatic carbocycles. The lowest BCUT2D eigenvalue weighted by Gasteiger charge is -2.06. The lowest BCUT2D eigenvalue weighted by atomic mass is 10.2. The van der Waals surface area contributed by atoms with E-state index < -0.39 is 22.8 Å². The predicted molar refractivity (Wildman–Crippen MR) is 72.6 cm³/mol. The zero-order valence-electron chi connectivity index (χ0n) is 10.5. The van der Waals surface area contributed by atoms with Crippen LogP contribution < -0.4 is 5.32 Å². The second-order valence-corrected chi connectivity index (χ2v) is 4.91. The van der Waals surface area contributed by atoms with Gasteiger partial charge in [-0.05, 0) is 24.3 Å². The number of amides is 1. The molecular formula is C12H8Cl2F3N3O. The number of carbonyl (C=O) groups is 1. The van der Waals surface area contributed by atoms with E-state index in [0.29, 0.717) is 5.02 Å². The van der Waals surface area contributed by atoms with Crippen molar-refractivity contribution in [3.8, 4) is 0 Å². The molecule has 0 unspecified atom stereocenters. The maximum atomic E-state index is 12.7. The van der Waals surface area contributed by atoms with Gasteiger partial charge in [0, 0.05) is 17.6 Å². The zero-order chi connectivity index (χ0) is 15.8. The molecule has 21 heavy (non-hydrogen) atoms. The Bertz CT molecular complexity index is 680. The van der Waals surface area contributed by atoms with Gasteiger partial charge < -0.3 is 5.32 Å². The summed E-state index contributed by atoms with van der Waals surface area (Å²) in [7, 11) is 1.25. The van der Waals surface area contributed by atoms with Crippen LogP contribution >= 0.6 is 23.2 Å². The highest BCUT2D eigenvalue weighted by Crippen LogP contribution is 2.37. The quantitative estimate of drug-likeness (QED) is 0.900. The summed E-state index contributed by atoms with van der Waals surface area (Å²) in [6.07, 6.45) is -4.70. The lowest BCUT2D eigenvalue weighted by molar-refractivity contribution is -0.141. The SMILES string of the molecule is Cn1nc(C(F)(F)F)c(Cl)c1NC(=O)c1ccc(Cl)cc1. The normalized spacial score (nSPS) is 11.5. The van der Waals surface area contributed by atoms with Gasteiger partial charge in [-0.2, -0.15) is 18.3 Å². The van der Waals surface area contributed by atoms with E-state index in [1.54, 1.807) is 0 Å². The maximum absolute atomic E-state index is 12.7. The van der Waals surface area contributed by atoms with Crippen LogP contribution in [0.15, 0.2) is 24.3 Å². The van der Waals surface area contributed by atoms with E-state index >= 15 is 0 Å². The highest BCUT2D eigenvalue weighted by atomic mass is 35.5. The Kier molecular flexibility index (Phi) is 4.15. The van der Waals surface area contributed by atoms with Gasteiger partial charge in [-0.15, -0.1) is 0 Å². The molecule has 1 amide bonds. The summed E-state index contributed by atoms with van der Waals surface area (Å²) in [6, 6.07) is 5.85. The summed E-state index contributed by atoms with van der Waals surface area (Å²) in [5.74, 6) is -0.853. The molecule has 0 bridgehead atoms. The largest absolute Gasteiger partial charge is 0.436 e. The van der Waals surface area contributed by atoms with Crippen molar-refractivity contribution in [1.82, 2.24) is 9.78 Å². The monoisotopic (exact) mass is 337 g/mol. The van der Waals surface area contributed by atoms with Crippen LogP contribution in [-0.4, -0.2) is 15.7 Å². The number of benzene rings is 1. The molecule has 0 fully saturated rings. The van der Waals surface area contributed by atoms with Gasteiger partial charge in [0.05, 0.1) is 0 Å². The molecule has 9 heteroatoms. The van der Waals surface area contributed by atoms with Crippen molar-refractivity contribution >= 4 is 34.9 Å². The first-order valence-corrected chi connectivity index (χ1v) is 6.32. The highest BCUT2D eigenvalue weighted by Gasteiger charge is 2.38.